The van der Waals surface area contributed by atoms with Crippen molar-refractivity contribution < 1.29 is 104 Å². The highest BCUT2D eigenvalue weighted by Gasteiger charge is 2.60. The summed E-state index contributed by atoms with van der Waals surface area (Å²) in [5.41, 5.74) is 0. The van der Waals surface area contributed by atoms with Crippen molar-refractivity contribution in [3.63, 3.8) is 0 Å². The number of ether oxygens (including phenoxy) is 6. The van der Waals surface area contributed by atoms with Gasteiger partial charge in [0.1, 0.15) is 67.1 Å². The average Bonchev–Trinajstić information content (AvgIpc) is 1.10. The topological polar surface area (TPSA) is 373 Å². The van der Waals surface area contributed by atoms with Gasteiger partial charge in [-0.2, -0.15) is 0 Å². The number of allylic oxidation sites excluding steroid dienone is 1. The number of aliphatic carboxylic acids is 1. The van der Waals surface area contributed by atoms with Crippen molar-refractivity contribution in [3.05, 3.63) is 12.2 Å². The summed E-state index contributed by atoms with van der Waals surface area (Å²) in [5, 5.41) is 136. The number of unbranched alkanes of at least 4 members (excludes halogenated alkanes) is 33. The number of aliphatic hydroxyl groups excluding tert-OH is 11. The summed E-state index contributed by atoms with van der Waals surface area (Å²) in [6.45, 7) is 2.15. The Kier molecular flexibility index (Phi) is 43.8. The molecule has 23 nitrogen and oxygen atoms in total. The van der Waals surface area contributed by atoms with E-state index in [2.05, 4.69) is 24.5 Å². The first-order valence-corrected chi connectivity index (χ1v) is 35.1. The number of hydrogen-bond acceptors (Lipinski definition) is 20. The van der Waals surface area contributed by atoms with Gasteiger partial charge in [0.15, 0.2) is 12.6 Å². The van der Waals surface area contributed by atoms with E-state index >= 15 is 0 Å². The lowest BCUT2D eigenvalue weighted by Crippen LogP contribution is -2.70. The fraction of sp³-hybridized carbons (Fsp3) is 0.925. The van der Waals surface area contributed by atoms with Crippen LogP contribution in [0.3, 0.4) is 0 Å². The molecule has 528 valence electrons. The largest absolute Gasteiger partial charge is 0.477 e. The van der Waals surface area contributed by atoms with Crippen molar-refractivity contribution in [2.75, 3.05) is 26.4 Å². The Bertz CT molecular complexity index is 1870. The summed E-state index contributed by atoms with van der Waals surface area (Å²) in [7, 11) is 0. The van der Waals surface area contributed by atoms with E-state index < -0.39 is 155 Å². The monoisotopic (exact) mass is 1290 g/mol. The van der Waals surface area contributed by atoms with Gasteiger partial charge in [0.25, 0.3) is 5.79 Å². The molecule has 18 unspecified atom stereocenters. The van der Waals surface area contributed by atoms with Crippen LogP contribution in [0.5, 0.6) is 0 Å². The van der Waals surface area contributed by atoms with E-state index in [0.717, 1.165) is 51.9 Å². The molecule has 3 aliphatic rings. The maximum Gasteiger partial charge on any atom is 0.364 e. The molecule has 23 heteroatoms. The van der Waals surface area contributed by atoms with Gasteiger partial charge in [0.05, 0.1) is 50.7 Å². The second-order valence-electron chi connectivity index (χ2n) is 25.8. The minimum Gasteiger partial charge on any atom is -0.477 e. The van der Waals surface area contributed by atoms with Gasteiger partial charge in [-0.05, 0) is 19.3 Å². The summed E-state index contributed by atoms with van der Waals surface area (Å²) in [6.07, 6.45) is 16.9. The van der Waals surface area contributed by atoms with Gasteiger partial charge in [-0.15, -0.1) is 0 Å². The molecular formula is C67H124N2O21. The van der Waals surface area contributed by atoms with Crippen LogP contribution >= 0.6 is 0 Å². The number of carbonyl (C=O) groups excluding carboxylic acids is 2. The number of carboxylic acids is 1. The highest BCUT2D eigenvalue weighted by atomic mass is 16.8. The molecule has 0 aliphatic carbocycles. The molecule has 3 aliphatic heterocycles. The normalized spacial score (nSPS) is 28.6. The minimum absolute atomic E-state index is 0.205. The molecule has 0 saturated carbocycles. The van der Waals surface area contributed by atoms with Crippen LogP contribution in [0.4, 0.5) is 0 Å². The van der Waals surface area contributed by atoms with E-state index in [0.29, 0.717) is 12.8 Å². The van der Waals surface area contributed by atoms with Crippen LogP contribution in [0.1, 0.15) is 258 Å². The zero-order valence-electron chi connectivity index (χ0n) is 55.0. The molecule has 14 N–H and O–H groups in total. The second kappa shape index (κ2) is 48.2. The van der Waals surface area contributed by atoms with Crippen molar-refractivity contribution in [2.45, 2.75) is 368 Å². The van der Waals surface area contributed by atoms with Crippen LogP contribution in [-0.2, 0) is 42.8 Å². The maximum absolute atomic E-state index is 13.5. The Morgan fingerprint density at radius 3 is 1.48 bits per heavy atom. The lowest BCUT2D eigenvalue weighted by Gasteiger charge is -2.50. The third-order valence-corrected chi connectivity index (χ3v) is 18.0. The van der Waals surface area contributed by atoms with Gasteiger partial charge in [-0.25, -0.2) is 4.79 Å². The van der Waals surface area contributed by atoms with Crippen molar-refractivity contribution in [2.24, 2.45) is 0 Å². The van der Waals surface area contributed by atoms with E-state index in [1.807, 2.05) is 6.08 Å². The van der Waals surface area contributed by atoms with Crippen LogP contribution in [-0.4, -0.2) is 215 Å². The molecule has 3 saturated heterocycles. The third kappa shape index (κ3) is 30.5. The number of rotatable bonds is 53. The van der Waals surface area contributed by atoms with E-state index in [-0.39, 0.29) is 12.3 Å². The first-order valence-electron chi connectivity index (χ1n) is 35.1. The molecule has 90 heavy (non-hydrogen) atoms. The summed E-state index contributed by atoms with van der Waals surface area (Å²) in [4.78, 5) is 38.5. The smallest absolute Gasteiger partial charge is 0.364 e. The minimum atomic E-state index is -3.08. The number of nitrogens with one attached hydrogen (secondary N) is 2. The van der Waals surface area contributed by atoms with E-state index in [1.165, 1.54) is 167 Å². The van der Waals surface area contributed by atoms with Crippen LogP contribution in [0.2, 0.25) is 0 Å². The second-order valence-corrected chi connectivity index (χ2v) is 25.8. The zero-order valence-corrected chi connectivity index (χ0v) is 55.0. The molecule has 3 fully saturated rings. The van der Waals surface area contributed by atoms with Crippen molar-refractivity contribution >= 4 is 17.8 Å². The predicted octanol–water partition coefficient (Wildman–Crippen LogP) is 6.29. The SMILES string of the molecule is CCCCCCCCCCCCCC/C=C/C(O)C(COC1OC(CO)C(OC2OC(CO)C(O)C(OC3(C(=O)O)CC(O)C(NC(C)=O)C(C(O)C(O)CO)O3)C2O)C(O)C1O)NC(=O)CCCCCCCCCCCCCCCCCCCCCCCC. The van der Waals surface area contributed by atoms with E-state index in [4.69, 9.17) is 28.4 Å². The molecule has 0 radical (unpaired) electrons. The molecule has 2 amide bonds. The van der Waals surface area contributed by atoms with Gasteiger partial charge < -0.3 is 100 Å². The van der Waals surface area contributed by atoms with E-state index in [1.54, 1.807) is 6.08 Å². The maximum atomic E-state index is 13.5. The molecule has 0 aromatic carbocycles. The van der Waals surface area contributed by atoms with Crippen LogP contribution < -0.4 is 10.6 Å². The lowest BCUT2D eigenvalue weighted by molar-refractivity contribution is -0.386. The number of amides is 2. The molecule has 0 spiro atoms. The Morgan fingerprint density at radius 1 is 0.578 bits per heavy atom. The van der Waals surface area contributed by atoms with Gasteiger partial charge in [-0.1, -0.05) is 231 Å². The Labute approximate surface area is 537 Å². The number of carboxylic acid groups (broad SMARTS) is 1. The van der Waals surface area contributed by atoms with Gasteiger partial charge in [-0.3, -0.25) is 9.59 Å². The molecule has 18 atom stereocenters. The summed E-state index contributed by atoms with van der Waals surface area (Å²) in [6, 6.07) is -2.61. The fourth-order valence-electron chi connectivity index (χ4n) is 12.4. The predicted molar refractivity (Wildman–Crippen MR) is 338 cm³/mol. The van der Waals surface area contributed by atoms with Crippen molar-refractivity contribution in [1.82, 2.24) is 10.6 Å². The van der Waals surface area contributed by atoms with E-state index in [9.17, 15) is 75.7 Å². The number of hydrogen-bond donors (Lipinski definition) is 14. The van der Waals surface area contributed by atoms with Crippen LogP contribution in [0.15, 0.2) is 12.2 Å². The lowest BCUT2D eigenvalue weighted by atomic mass is 9.88. The fourth-order valence-corrected chi connectivity index (χ4v) is 12.4. The average molecular weight is 1290 g/mol. The van der Waals surface area contributed by atoms with Gasteiger partial charge >= 0.3 is 5.97 Å². The Morgan fingerprint density at radius 2 is 1.03 bits per heavy atom. The first-order chi connectivity index (χ1) is 43.4. The number of aliphatic hydroxyl groups is 11. The zero-order chi connectivity index (χ0) is 66.1. The highest BCUT2D eigenvalue weighted by molar-refractivity contribution is 5.77. The van der Waals surface area contributed by atoms with Crippen LogP contribution in [0, 0.1) is 0 Å². The Hall–Kier alpha value is -2.53. The highest BCUT2D eigenvalue weighted by Crippen LogP contribution is 2.39. The molecule has 3 rings (SSSR count). The van der Waals surface area contributed by atoms with Gasteiger partial charge in [0, 0.05) is 19.8 Å². The summed E-state index contributed by atoms with van der Waals surface area (Å²) >= 11 is 0. The molecule has 3 heterocycles. The molecule has 0 bridgehead atoms. The Balaban J connectivity index is 1.58. The standard InChI is InChI=1S/C67H124N2O21/c1-4-6-8-10-12-14-16-18-20-21-22-23-24-25-26-27-29-31-33-35-37-39-41-54(77)69-48(49(74)40-38-36-34-32-30-28-19-17-15-13-11-9-7-5-2)46-85-64-59(81)58(80)61(53(45-72)87-64)88-65-60(82)63(57(79)52(44-71)86-65)90-67(66(83)84)42-50(75)55(68-47(3)73)62(89-67)56(78)51(76)43-70/h38,40,48-53,55-65,70-72,74-76,78-82H,4-37,39,41-46H2,1-3H3,(H,68,73)(H,69,77)(H,83,84)/b40-38+. The summed E-state index contributed by atoms with van der Waals surface area (Å²) in [5.74, 6) is -6.13. The quantitative estimate of drug-likeness (QED) is 0.0235. The van der Waals surface area contributed by atoms with Crippen molar-refractivity contribution in [1.29, 1.82) is 0 Å². The number of carbonyl (C=O) groups is 3. The third-order valence-electron chi connectivity index (χ3n) is 18.0. The van der Waals surface area contributed by atoms with Gasteiger partial charge in [0.2, 0.25) is 11.8 Å². The molecule has 0 aromatic heterocycles. The molecular weight excluding hydrogens is 1170 g/mol. The molecule has 0 aromatic rings. The van der Waals surface area contributed by atoms with Crippen LogP contribution in [0.25, 0.3) is 0 Å². The van der Waals surface area contributed by atoms with Crippen molar-refractivity contribution in [3.8, 4) is 0 Å². The summed E-state index contributed by atoms with van der Waals surface area (Å²) < 4.78 is 34.8. The first kappa shape index (κ1) is 81.7.